The lowest BCUT2D eigenvalue weighted by Crippen LogP contribution is -2.61. The molecule has 122 heavy (non-hydrogen) atoms. The second-order valence-electron chi connectivity index (χ2n) is 46.9. The maximum atomic E-state index is 15.4. The molecule has 6 heterocycles. The fraction of sp³-hybridized carbons (Fsp3) is 0.920. The summed E-state index contributed by atoms with van der Waals surface area (Å²) in [4.78, 5) is 124. The molecule has 0 aromatic rings. The summed E-state index contributed by atoms with van der Waals surface area (Å²) in [6, 6.07) is 0. The molecule has 0 bridgehead atoms. The maximum absolute atomic E-state index is 15.4. The van der Waals surface area contributed by atoms with Crippen LogP contribution in [0.15, 0.2) is 0 Å². The first-order valence-electron chi connectivity index (χ1n) is 48.2. The number of aliphatic carboxylic acids is 2. The zero-order valence-corrected chi connectivity index (χ0v) is 83.3. The van der Waals surface area contributed by atoms with Gasteiger partial charge in [-0.2, -0.15) is 0 Å². The number of unbranched alkanes of at least 4 members (excludes halogenated alkanes) is 20. The molecule has 0 amide bonds. The van der Waals surface area contributed by atoms with Gasteiger partial charge in [0.2, 0.25) is 0 Å². The summed E-state index contributed by atoms with van der Waals surface area (Å²) in [5.41, 5.74) is -7.60. The summed E-state index contributed by atoms with van der Waals surface area (Å²) in [5.74, 6) is -9.36. The summed E-state index contributed by atoms with van der Waals surface area (Å²) in [6.07, 6.45) is 25.2. The fourth-order valence-corrected chi connectivity index (χ4v) is 23.1. The standard InChI is InChI=1S/C52H96N2O8.C48H86N4O8/c1-11-13-15-17-19-21-23-25-27-29-31-33-51(45(58)59,39-43(55)56)52(34-32-30-28-26-24-22-20-18-16-14-12-2,46(60)62-42-37-49(7,8)54-50(9,10)38-42)40-44(57)61-41-35-47(3,4)53-48(5,6)36-41;1-41(2)23-31(24-42(3,4)49(41)17)57-37(53)21-35(39(55)59-33-27-45(9,10)51(19)46(11,12)28-33)36(40(56)60-34-29-47(13,14)52(20)48(15,16)30-34)22-38(54)58-32-25-43(5,6)50(18)44(7,8)26-32/h41-42,53-54H,11-40H2,1-10H3,(H,55,56)(H,58,59);31-36H,21-30H2,1-20H3. The van der Waals surface area contributed by atoms with Crippen molar-refractivity contribution in [1.29, 1.82) is 0 Å². The van der Waals surface area contributed by atoms with E-state index < -0.39 is 133 Å². The van der Waals surface area contributed by atoms with Gasteiger partial charge in [0.15, 0.2) is 0 Å². The molecule has 0 aromatic heterocycles. The van der Waals surface area contributed by atoms with Crippen LogP contribution in [0.25, 0.3) is 0 Å². The van der Waals surface area contributed by atoms with E-state index in [0.29, 0.717) is 96.3 Å². The van der Waals surface area contributed by atoms with Crippen molar-refractivity contribution in [1.82, 2.24) is 30.2 Å². The molecule has 4 atom stereocenters. The van der Waals surface area contributed by atoms with Crippen molar-refractivity contribution < 1.29 is 77.0 Å². The van der Waals surface area contributed by atoms with Crippen molar-refractivity contribution in [2.75, 3.05) is 28.2 Å². The number of hydrogen-bond acceptors (Lipinski definition) is 20. The molecule has 0 spiro atoms. The van der Waals surface area contributed by atoms with E-state index in [4.69, 9.17) is 28.4 Å². The third-order valence-corrected chi connectivity index (χ3v) is 30.0. The van der Waals surface area contributed by atoms with Crippen LogP contribution in [0.5, 0.6) is 0 Å². The van der Waals surface area contributed by atoms with Gasteiger partial charge in [0.25, 0.3) is 0 Å². The summed E-state index contributed by atoms with van der Waals surface area (Å²) >= 11 is 0. The number of nitrogens with one attached hydrogen (secondary N) is 2. The van der Waals surface area contributed by atoms with Crippen molar-refractivity contribution in [3.05, 3.63) is 0 Å². The smallest absolute Gasteiger partial charge is 0.314 e. The Morgan fingerprint density at radius 1 is 0.303 bits per heavy atom. The van der Waals surface area contributed by atoms with Crippen LogP contribution in [-0.4, -0.2) is 209 Å². The maximum Gasteiger partial charge on any atom is 0.314 e. The second kappa shape index (κ2) is 44.2. The van der Waals surface area contributed by atoms with E-state index in [1.54, 1.807) is 0 Å². The summed E-state index contributed by atoms with van der Waals surface area (Å²) in [6.45, 7) is 55.0. The van der Waals surface area contributed by atoms with E-state index in [0.717, 1.165) is 44.9 Å². The monoisotopic (exact) mass is 1720 g/mol. The van der Waals surface area contributed by atoms with E-state index in [2.05, 4.69) is 238 Å². The SMILES string of the molecule is CCCCCCCCCCCCCC(CC(=O)O)(C(=O)O)C(CCCCCCCCCCCCC)(CC(=O)OC1CC(C)(C)NC(C)(C)C1)C(=O)OC1CC(C)(C)NC(C)(C)C1.CN1C(C)(C)CC(OC(=O)CC(C(=O)OC2CC(C)(C)N(C)C(C)(C)C2)C(CC(=O)OC2CC(C)(C)N(C)C(C)(C)C2)C(=O)OC2CC(C)(C)N(C)C(C)(C)C2)CC1(C)C. The van der Waals surface area contributed by atoms with E-state index in [1.807, 2.05) is 0 Å². The molecule has 708 valence electrons. The van der Waals surface area contributed by atoms with Gasteiger partial charge >= 0.3 is 47.8 Å². The van der Waals surface area contributed by atoms with Crippen LogP contribution in [-0.2, 0) is 66.8 Å². The van der Waals surface area contributed by atoms with Crippen LogP contribution >= 0.6 is 0 Å². The molecule has 0 radical (unpaired) electrons. The quantitative estimate of drug-likeness (QED) is 0.0251. The molecular weight excluding hydrogens is 1540 g/mol. The number of likely N-dealkylation sites (tertiary alicyclic amines) is 4. The molecule has 0 aromatic carbocycles. The van der Waals surface area contributed by atoms with Crippen LogP contribution in [0.2, 0.25) is 0 Å². The number of hydrogen-bond donors (Lipinski definition) is 4. The van der Waals surface area contributed by atoms with E-state index in [9.17, 15) is 43.8 Å². The summed E-state index contributed by atoms with van der Waals surface area (Å²) in [7, 11) is 8.34. The van der Waals surface area contributed by atoms with Crippen molar-refractivity contribution in [3.8, 4) is 0 Å². The van der Waals surface area contributed by atoms with Gasteiger partial charge < -0.3 is 49.3 Å². The number of carboxylic acids is 2. The van der Waals surface area contributed by atoms with Gasteiger partial charge in [-0.15, -0.1) is 0 Å². The third kappa shape index (κ3) is 31.7. The van der Waals surface area contributed by atoms with Gasteiger partial charge in [0.05, 0.1) is 48.3 Å². The van der Waals surface area contributed by atoms with E-state index >= 15 is 4.79 Å². The van der Waals surface area contributed by atoms with Gasteiger partial charge in [-0.1, -0.05) is 155 Å². The first kappa shape index (κ1) is 108. The van der Waals surface area contributed by atoms with Crippen LogP contribution in [0.4, 0.5) is 0 Å². The Morgan fingerprint density at radius 2 is 0.525 bits per heavy atom. The summed E-state index contributed by atoms with van der Waals surface area (Å²) in [5, 5.41) is 29.4. The molecular formula is C100H182N6O16. The number of nitrogens with zero attached hydrogens (tertiary/aromatic N) is 4. The fourth-order valence-electron chi connectivity index (χ4n) is 23.1. The average molecular weight is 1720 g/mol. The number of carbonyl (C=O) groups is 8. The topological polar surface area (TPSA) is 269 Å². The largest absolute Gasteiger partial charge is 0.481 e. The molecule has 4 N–H and O–H groups in total. The Labute approximate surface area is 742 Å². The predicted molar refractivity (Wildman–Crippen MR) is 489 cm³/mol. The minimum atomic E-state index is -2.09. The highest BCUT2D eigenvalue weighted by molar-refractivity contribution is 5.94. The lowest BCUT2D eigenvalue weighted by molar-refractivity contribution is -0.195. The van der Waals surface area contributed by atoms with Crippen LogP contribution in [0.1, 0.15) is 437 Å². The van der Waals surface area contributed by atoms with Crippen molar-refractivity contribution >= 4 is 47.8 Å². The van der Waals surface area contributed by atoms with Gasteiger partial charge in [0, 0.05) is 144 Å². The molecule has 6 fully saturated rings. The molecule has 22 nitrogen and oxygen atoms in total. The molecule has 6 aliphatic heterocycles. The molecule has 6 saturated heterocycles. The number of carboxylic acid groups (broad SMARTS) is 2. The lowest BCUT2D eigenvalue weighted by Gasteiger charge is -2.53. The van der Waals surface area contributed by atoms with Crippen LogP contribution in [0.3, 0.4) is 0 Å². The van der Waals surface area contributed by atoms with E-state index in [-0.39, 0.29) is 79.3 Å². The van der Waals surface area contributed by atoms with Crippen molar-refractivity contribution in [2.45, 2.75) is 540 Å². The van der Waals surface area contributed by atoms with Crippen LogP contribution in [0, 0.1) is 22.7 Å². The zero-order valence-electron chi connectivity index (χ0n) is 83.3. The van der Waals surface area contributed by atoms with Gasteiger partial charge in [-0.25, -0.2) is 0 Å². The molecule has 0 aliphatic carbocycles. The summed E-state index contributed by atoms with van der Waals surface area (Å²) < 4.78 is 38.1. The highest BCUT2D eigenvalue weighted by atomic mass is 16.6. The normalized spacial score (nSPS) is 24.3. The number of piperidine rings is 6. The minimum absolute atomic E-state index is 0.0382. The van der Waals surface area contributed by atoms with Crippen molar-refractivity contribution in [3.63, 3.8) is 0 Å². The molecule has 0 saturated carbocycles. The number of rotatable bonds is 44. The number of carbonyl (C=O) groups excluding carboxylic acids is 6. The minimum Gasteiger partial charge on any atom is -0.481 e. The Morgan fingerprint density at radius 3 is 0.779 bits per heavy atom. The van der Waals surface area contributed by atoms with Gasteiger partial charge in [0.1, 0.15) is 36.6 Å². The van der Waals surface area contributed by atoms with E-state index in [1.165, 1.54) is 77.0 Å². The predicted octanol–water partition coefficient (Wildman–Crippen LogP) is 20.8. The number of ether oxygens (including phenoxy) is 6. The number of esters is 6. The van der Waals surface area contributed by atoms with Crippen molar-refractivity contribution in [2.24, 2.45) is 22.7 Å². The molecule has 4 unspecified atom stereocenters. The highest BCUT2D eigenvalue weighted by Gasteiger charge is 2.64. The molecule has 6 rings (SSSR count). The van der Waals surface area contributed by atoms with Gasteiger partial charge in [-0.3, -0.25) is 58.0 Å². The molecule has 6 aliphatic rings. The van der Waals surface area contributed by atoms with Gasteiger partial charge in [-0.05, 0) is 207 Å². The first-order valence-corrected chi connectivity index (χ1v) is 48.2. The Bertz CT molecular complexity index is 3150. The Balaban J connectivity index is 0.000000434. The third-order valence-electron chi connectivity index (χ3n) is 30.0. The Kier molecular flexibility index (Phi) is 39.2. The highest BCUT2D eigenvalue weighted by Crippen LogP contribution is 2.55. The zero-order chi connectivity index (χ0) is 92.5. The second-order valence-corrected chi connectivity index (χ2v) is 46.9. The average Bonchev–Trinajstić information content (AvgIpc) is 0.732. The lowest BCUT2D eigenvalue weighted by atomic mass is 9.55. The first-order chi connectivity index (χ1) is 56.0. The molecule has 22 heteroatoms. The Hall–Kier alpha value is -4.48. The van der Waals surface area contributed by atoms with Crippen LogP contribution < -0.4 is 10.6 Å².